The van der Waals surface area contributed by atoms with Gasteiger partial charge in [-0.05, 0) is 65.7 Å². The van der Waals surface area contributed by atoms with Gasteiger partial charge in [0.2, 0.25) is 0 Å². The van der Waals surface area contributed by atoms with E-state index >= 15 is 0 Å². The molecule has 0 amide bonds. The van der Waals surface area contributed by atoms with E-state index in [9.17, 15) is 10.5 Å². The molecule has 9 rings (SSSR count). The molecule has 7 aromatic carbocycles. The molecule has 48 heavy (non-hydrogen) atoms. The molecule has 0 fully saturated rings. The van der Waals surface area contributed by atoms with Gasteiger partial charge in [0.05, 0.1) is 45.0 Å². The molecule has 0 aliphatic heterocycles. The summed E-state index contributed by atoms with van der Waals surface area (Å²) in [5.41, 5.74) is 11.3. The van der Waals surface area contributed by atoms with Crippen molar-refractivity contribution in [1.29, 1.82) is 10.5 Å². The Morgan fingerprint density at radius 3 is 1.67 bits per heavy atom. The van der Waals surface area contributed by atoms with Crippen molar-refractivity contribution in [3.63, 3.8) is 0 Å². The van der Waals surface area contributed by atoms with E-state index < -0.39 is 0 Å². The standard InChI is InChI=1S/C44H26N4/c45-27-31-24-23-30(34-14-1-5-19-40(34)48-42-21-7-2-15-35(42)36-16-3-8-22-43(36)48)26-39(31)29-11-9-13-33(25-29)47-41-20-6-4-17-37(41)38-18-10-12-32(28-46)44(38)47/h1-26H. The van der Waals surface area contributed by atoms with Crippen LogP contribution in [0.3, 0.4) is 0 Å². The average molecular weight is 611 g/mol. The predicted octanol–water partition coefficient (Wildman–Crippen LogP) is 11.0. The van der Waals surface area contributed by atoms with E-state index in [0.717, 1.165) is 66.5 Å². The van der Waals surface area contributed by atoms with Gasteiger partial charge >= 0.3 is 0 Å². The first-order valence-electron chi connectivity index (χ1n) is 15.9. The van der Waals surface area contributed by atoms with Crippen LogP contribution < -0.4 is 0 Å². The minimum Gasteiger partial charge on any atom is -0.309 e. The molecular weight excluding hydrogens is 585 g/mol. The Kier molecular flexibility index (Phi) is 6.22. The van der Waals surface area contributed by atoms with Gasteiger partial charge in [-0.3, -0.25) is 0 Å². The summed E-state index contributed by atoms with van der Waals surface area (Å²) in [6, 6.07) is 58.9. The second-order valence-corrected chi connectivity index (χ2v) is 12.0. The maximum absolute atomic E-state index is 10.3. The van der Waals surface area contributed by atoms with E-state index in [2.05, 4.69) is 137 Å². The van der Waals surface area contributed by atoms with Crippen LogP contribution in [0.1, 0.15) is 11.1 Å². The number of nitriles is 2. The number of aromatic nitrogens is 2. The van der Waals surface area contributed by atoms with Gasteiger partial charge in [-0.25, -0.2) is 0 Å². The first kappa shape index (κ1) is 27.4. The highest BCUT2D eigenvalue weighted by atomic mass is 15.0. The van der Waals surface area contributed by atoms with Crippen LogP contribution in [0.25, 0.3) is 77.2 Å². The van der Waals surface area contributed by atoms with Gasteiger partial charge in [0.15, 0.2) is 0 Å². The summed E-state index contributed by atoms with van der Waals surface area (Å²) >= 11 is 0. The van der Waals surface area contributed by atoms with E-state index in [-0.39, 0.29) is 0 Å². The van der Waals surface area contributed by atoms with Crippen LogP contribution in [0.2, 0.25) is 0 Å². The quantitative estimate of drug-likeness (QED) is 0.199. The molecule has 9 aromatic rings. The van der Waals surface area contributed by atoms with Crippen LogP contribution in [0.15, 0.2) is 158 Å². The molecule has 0 bridgehead atoms. The van der Waals surface area contributed by atoms with Crippen LogP contribution in [0, 0.1) is 22.7 Å². The molecule has 0 saturated carbocycles. The van der Waals surface area contributed by atoms with Gasteiger partial charge in [0.1, 0.15) is 6.07 Å². The van der Waals surface area contributed by atoms with Gasteiger partial charge in [-0.2, -0.15) is 10.5 Å². The van der Waals surface area contributed by atoms with Gasteiger partial charge in [-0.15, -0.1) is 0 Å². The summed E-state index contributed by atoms with van der Waals surface area (Å²) < 4.78 is 4.51. The first-order chi connectivity index (χ1) is 23.7. The third-order valence-electron chi connectivity index (χ3n) is 9.41. The van der Waals surface area contributed by atoms with Crippen molar-refractivity contribution >= 4 is 43.6 Å². The second kappa shape index (κ2) is 10.9. The molecule has 2 heterocycles. The molecule has 0 unspecified atom stereocenters. The fourth-order valence-electron chi connectivity index (χ4n) is 7.33. The second-order valence-electron chi connectivity index (χ2n) is 12.0. The summed E-state index contributed by atoms with van der Waals surface area (Å²) in [7, 11) is 0. The van der Waals surface area contributed by atoms with Crippen LogP contribution in [0.5, 0.6) is 0 Å². The first-order valence-corrected chi connectivity index (χ1v) is 15.9. The van der Waals surface area contributed by atoms with Crippen molar-refractivity contribution in [3.8, 4) is 45.8 Å². The van der Waals surface area contributed by atoms with E-state index in [1.165, 1.54) is 10.8 Å². The lowest BCUT2D eigenvalue weighted by molar-refractivity contribution is 1.18. The smallest absolute Gasteiger partial charge is 0.101 e. The van der Waals surface area contributed by atoms with E-state index in [0.29, 0.717) is 11.1 Å². The molecule has 4 nitrogen and oxygen atoms in total. The number of nitrogens with zero attached hydrogens (tertiary/aromatic N) is 4. The molecule has 0 saturated heterocycles. The van der Waals surface area contributed by atoms with Crippen LogP contribution in [-0.2, 0) is 0 Å². The Morgan fingerprint density at radius 1 is 0.396 bits per heavy atom. The number of hydrogen-bond donors (Lipinski definition) is 0. The normalized spacial score (nSPS) is 11.3. The number of benzene rings is 7. The lowest BCUT2D eigenvalue weighted by atomic mass is 9.94. The van der Waals surface area contributed by atoms with Crippen molar-refractivity contribution in [2.24, 2.45) is 0 Å². The summed E-state index contributed by atoms with van der Waals surface area (Å²) in [6.45, 7) is 0. The monoisotopic (exact) mass is 610 g/mol. The Hall–Kier alpha value is -6.88. The predicted molar refractivity (Wildman–Crippen MR) is 195 cm³/mol. The largest absolute Gasteiger partial charge is 0.309 e. The third-order valence-corrected chi connectivity index (χ3v) is 9.41. The van der Waals surface area contributed by atoms with Gasteiger partial charge in [-0.1, -0.05) is 103 Å². The number of para-hydroxylation sites is 5. The molecule has 2 aromatic heterocycles. The molecule has 0 aliphatic carbocycles. The zero-order valence-electron chi connectivity index (χ0n) is 25.8. The fraction of sp³-hybridized carbons (Fsp3) is 0. The van der Waals surface area contributed by atoms with Gasteiger partial charge in [0.25, 0.3) is 0 Å². The van der Waals surface area contributed by atoms with Crippen LogP contribution in [-0.4, -0.2) is 9.13 Å². The average Bonchev–Trinajstić information content (AvgIpc) is 3.68. The summed E-state index contributed by atoms with van der Waals surface area (Å²) in [5.74, 6) is 0. The van der Waals surface area contributed by atoms with Crippen molar-refractivity contribution in [2.45, 2.75) is 0 Å². The summed E-state index contributed by atoms with van der Waals surface area (Å²) in [6.07, 6.45) is 0. The maximum atomic E-state index is 10.3. The number of hydrogen-bond acceptors (Lipinski definition) is 2. The zero-order chi connectivity index (χ0) is 32.2. The number of fused-ring (bicyclic) bond motifs is 6. The molecule has 0 aliphatic rings. The van der Waals surface area contributed by atoms with Crippen molar-refractivity contribution < 1.29 is 0 Å². The maximum Gasteiger partial charge on any atom is 0.101 e. The molecule has 0 N–H and O–H groups in total. The minimum absolute atomic E-state index is 0.602. The molecule has 0 spiro atoms. The Labute approximate surface area is 277 Å². The third kappa shape index (κ3) is 4.07. The Morgan fingerprint density at radius 2 is 0.958 bits per heavy atom. The van der Waals surface area contributed by atoms with Crippen molar-refractivity contribution in [3.05, 3.63) is 169 Å². The lowest BCUT2D eigenvalue weighted by Gasteiger charge is -2.16. The van der Waals surface area contributed by atoms with Gasteiger partial charge < -0.3 is 9.13 Å². The van der Waals surface area contributed by atoms with Crippen molar-refractivity contribution in [1.82, 2.24) is 9.13 Å². The zero-order valence-corrected chi connectivity index (χ0v) is 25.8. The highest BCUT2D eigenvalue weighted by Crippen LogP contribution is 2.39. The SMILES string of the molecule is N#Cc1ccc(-c2ccccc2-n2c3ccccc3c3ccccc32)cc1-c1cccc(-n2c3ccccc3c3cccc(C#N)c32)c1. The van der Waals surface area contributed by atoms with Crippen LogP contribution in [0.4, 0.5) is 0 Å². The fourth-order valence-corrected chi connectivity index (χ4v) is 7.33. The van der Waals surface area contributed by atoms with Crippen molar-refractivity contribution in [2.75, 3.05) is 0 Å². The van der Waals surface area contributed by atoms with E-state index in [1.807, 2.05) is 42.5 Å². The highest BCUT2D eigenvalue weighted by Gasteiger charge is 2.18. The Bertz CT molecular complexity index is 2760. The molecule has 222 valence electrons. The van der Waals surface area contributed by atoms with Gasteiger partial charge in [0, 0.05) is 38.4 Å². The Balaban J connectivity index is 1.25. The van der Waals surface area contributed by atoms with E-state index in [4.69, 9.17) is 0 Å². The molecular formula is C44H26N4. The van der Waals surface area contributed by atoms with E-state index in [1.54, 1.807) is 0 Å². The lowest BCUT2D eigenvalue weighted by Crippen LogP contribution is -1.98. The number of rotatable bonds is 4. The minimum atomic E-state index is 0.602. The highest BCUT2D eigenvalue weighted by molar-refractivity contribution is 6.11. The molecule has 4 heteroatoms. The molecule has 0 atom stereocenters. The molecule has 0 radical (unpaired) electrons. The summed E-state index contributed by atoms with van der Waals surface area (Å²) in [5, 5.41) is 24.9. The topological polar surface area (TPSA) is 57.4 Å². The van der Waals surface area contributed by atoms with Crippen LogP contribution >= 0.6 is 0 Å². The summed E-state index contributed by atoms with van der Waals surface area (Å²) in [4.78, 5) is 0.